The molecule has 0 radical (unpaired) electrons. The Morgan fingerprint density at radius 3 is 2.30 bits per heavy atom. The third-order valence-electron chi connectivity index (χ3n) is 3.19. The second-order valence-electron chi connectivity index (χ2n) is 4.88. The Morgan fingerprint density at radius 1 is 0.826 bits per heavy atom. The minimum absolute atomic E-state index is 0.00174. The average molecular weight is 307 g/mol. The summed E-state index contributed by atoms with van der Waals surface area (Å²) in [5.41, 5.74) is 0.536. The van der Waals surface area contributed by atoms with E-state index < -0.39 is 11.7 Å². The van der Waals surface area contributed by atoms with Gasteiger partial charge in [-0.15, -0.1) is 0 Å². The van der Waals surface area contributed by atoms with Gasteiger partial charge in [0.25, 0.3) is 5.91 Å². The third kappa shape index (κ3) is 3.74. The summed E-state index contributed by atoms with van der Waals surface area (Å²) in [7, 11) is 0. The smallest absolute Gasteiger partial charge is 0.258 e. The van der Waals surface area contributed by atoms with Crippen LogP contribution in [0.5, 0.6) is 11.5 Å². The van der Waals surface area contributed by atoms with Crippen LogP contribution in [-0.4, -0.2) is 5.91 Å². The van der Waals surface area contributed by atoms with Crippen LogP contribution in [0.25, 0.3) is 0 Å². The fourth-order valence-electron chi connectivity index (χ4n) is 2.11. The van der Waals surface area contributed by atoms with Crippen molar-refractivity contribution in [3.63, 3.8) is 0 Å². The van der Waals surface area contributed by atoms with Crippen molar-refractivity contribution in [3.05, 3.63) is 90.2 Å². The number of anilines is 1. The second-order valence-corrected chi connectivity index (χ2v) is 4.88. The van der Waals surface area contributed by atoms with E-state index in [9.17, 15) is 9.18 Å². The number of halogens is 1. The van der Waals surface area contributed by atoms with Gasteiger partial charge in [-0.1, -0.05) is 36.4 Å². The lowest BCUT2D eigenvalue weighted by Gasteiger charge is -2.09. The highest BCUT2D eigenvalue weighted by Crippen LogP contribution is 2.24. The molecule has 0 fully saturated rings. The molecular formula is C19H14FNO2. The monoisotopic (exact) mass is 307 g/mol. The predicted molar refractivity (Wildman–Crippen MR) is 87.3 cm³/mol. The van der Waals surface area contributed by atoms with Gasteiger partial charge in [-0.05, 0) is 36.4 Å². The van der Waals surface area contributed by atoms with Crippen molar-refractivity contribution in [1.29, 1.82) is 0 Å². The van der Waals surface area contributed by atoms with Gasteiger partial charge in [0.1, 0.15) is 17.3 Å². The number of rotatable bonds is 4. The molecule has 23 heavy (non-hydrogen) atoms. The topological polar surface area (TPSA) is 38.3 Å². The van der Waals surface area contributed by atoms with Gasteiger partial charge in [0, 0.05) is 11.8 Å². The molecule has 0 heterocycles. The maximum atomic E-state index is 13.6. The summed E-state index contributed by atoms with van der Waals surface area (Å²) in [5.74, 6) is 0.231. The van der Waals surface area contributed by atoms with Crippen LogP contribution in [0.4, 0.5) is 10.1 Å². The van der Waals surface area contributed by atoms with Gasteiger partial charge >= 0.3 is 0 Å². The molecule has 0 bridgehead atoms. The second kappa shape index (κ2) is 6.75. The van der Waals surface area contributed by atoms with E-state index in [1.165, 1.54) is 12.1 Å². The lowest BCUT2D eigenvalue weighted by Crippen LogP contribution is -2.13. The molecule has 4 heteroatoms. The first-order valence-electron chi connectivity index (χ1n) is 7.11. The maximum Gasteiger partial charge on any atom is 0.258 e. The summed E-state index contributed by atoms with van der Waals surface area (Å²) < 4.78 is 19.3. The van der Waals surface area contributed by atoms with Gasteiger partial charge < -0.3 is 10.1 Å². The molecular weight excluding hydrogens is 293 g/mol. The van der Waals surface area contributed by atoms with Crippen LogP contribution >= 0.6 is 0 Å². The summed E-state index contributed by atoms with van der Waals surface area (Å²) in [6.07, 6.45) is 0. The Labute approximate surface area is 133 Å². The zero-order chi connectivity index (χ0) is 16.1. The predicted octanol–water partition coefficient (Wildman–Crippen LogP) is 4.87. The first-order chi connectivity index (χ1) is 11.2. The number of benzene rings is 3. The zero-order valence-corrected chi connectivity index (χ0v) is 12.2. The van der Waals surface area contributed by atoms with Crippen molar-refractivity contribution in [2.24, 2.45) is 0 Å². The minimum Gasteiger partial charge on any atom is -0.457 e. The number of para-hydroxylation sites is 1. The maximum absolute atomic E-state index is 13.6. The van der Waals surface area contributed by atoms with Gasteiger partial charge in [-0.2, -0.15) is 0 Å². The van der Waals surface area contributed by atoms with Crippen LogP contribution in [0.1, 0.15) is 10.4 Å². The SMILES string of the molecule is O=C(Nc1cccc(Oc2ccccc2)c1)c1ccccc1F. The Morgan fingerprint density at radius 2 is 1.52 bits per heavy atom. The van der Waals surface area contributed by atoms with E-state index in [1.54, 1.807) is 36.4 Å². The third-order valence-corrected chi connectivity index (χ3v) is 3.19. The first kappa shape index (κ1) is 14.8. The van der Waals surface area contributed by atoms with Gasteiger partial charge in [-0.3, -0.25) is 4.79 Å². The molecule has 0 aliphatic heterocycles. The van der Waals surface area contributed by atoms with Crippen LogP contribution in [0.2, 0.25) is 0 Å². The fourth-order valence-corrected chi connectivity index (χ4v) is 2.11. The molecule has 0 aliphatic rings. The molecule has 0 spiro atoms. The molecule has 1 N–H and O–H groups in total. The Hall–Kier alpha value is -3.14. The van der Waals surface area contributed by atoms with Gasteiger partial charge in [0.05, 0.1) is 5.56 Å². The van der Waals surface area contributed by atoms with Crippen molar-refractivity contribution in [2.75, 3.05) is 5.32 Å². The van der Waals surface area contributed by atoms with E-state index in [0.29, 0.717) is 17.2 Å². The number of carbonyl (C=O) groups excluding carboxylic acids is 1. The lowest BCUT2D eigenvalue weighted by atomic mass is 10.2. The highest BCUT2D eigenvalue weighted by molar-refractivity contribution is 6.04. The van der Waals surface area contributed by atoms with Crippen LogP contribution in [0, 0.1) is 5.82 Å². The summed E-state index contributed by atoms with van der Waals surface area (Å²) in [5, 5.41) is 2.67. The molecule has 3 nitrogen and oxygen atoms in total. The highest BCUT2D eigenvalue weighted by atomic mass is 19.1. The number of carbonyl (C=O) groups is 1. The average Bonchev–Trinajstić information content (AvgIpc) is 2.56. The number of hydrogen-bond donors (Lipinski definition) is 1. The van der Waals surface area contributed by atoms with E-state index in [0.717, 1.165) is 0 Å². The fraction of sp³-hybridized carbons (Fsp3) is 0. The zero-order valence-electron chi connectivity index (χ0n) is 12.2. The Bertz CT molecular complexity index is 818. The van der Waals surface area contributed by atoms with Crippen LogP contribution in [0.3, 0.4) is 0 Å². The molecule has 3 aromatic carbocycles. The van der Waals surface area contributed by atoms with E-state index in [1.807, 2.05) is 30.3 Å². The molecule has 3 rings (SSSR count). The summed E-state index contributed by atoms with van der Waals surface area (Å²) in [4.78, 5) is 12.1. The Balaban J connectivity index is 1.75. The van der Waals surface area contributed by atoms with Crippen molar-refractivity contribution in [1.82, 2.24) is 0 Å². The minimum atomic E-state index is -0.554. The molecule has 0 atom stereocenters. The van der Waals surface area contributed by atoms with E-state index in [2.05, 4.69) is 5.32 Å². The van der Waals surface area contributed by atoms with Crippen molar-refractivity contribution >= 4 is 11.6 Å². The molecule has 1 amide bonds. The van der Waals surface area contributed by atoms with Crippen molar-refractivity contribution in [2.45, 2.75) is 0 Å². The van der Waals surface area contributed by atoms with Crippen LogP contribution in [-0.2, 0) is 0 Å². The molecule has 0 unspecified atom stereocenters. The highest BCUT2D eigenvalue weighted by Gasteiger charge is 2.11. The van der Waals surface area contributed by atoms with Crippen molar-refractivity contribution in [3.8, 4) is 11.5 Å². The molecule has 0 saturated heterocycles. The van der Waals surface area contributed by atoms with E-state index in [-0.39, 0.29) is 5.56 Å². The Kier molecular flexibility index (Phi) is 4.34. The lowest BCUT2D eigenvalue weighted by molar-refractivity contribution is 0.102. The normalized spacial score (nSPS) is 10.1. The molecule has 0 aromatic heterocycles. The molecule has 114 valence electrons. The summed E-state index contributed by atoms with van der Waals surface area (Å²) in [6, 6.07) is 22.1. The quantitative estimate of drug-likeness (QED) is 0.746. The van der Waals surface area contributed by atoms with Crippen molar-refractivity contribution < 1.29 is 13.9 Å². The number of ether oxygens (including phenoxy) is 1. The number of amides is 1. The number of nitrogens with one attached hydrogen (secondary N) is 1. The summed E-state index contributed by atoms with van der Waals surface area (Å²) >= 11 is 0. The van der Waals surface area contributed by atoms with E-state index >= 15 is 0 Å². The molecule has 0 saturated carbocycles. The number of hydrogen-bond acceptors (Lipinski definition) is 2. The van der Waals surface area contributed by atoms with E-state index in [4.69, 9.17) is 4.74 Å². The standard InChI is InChI=1S/C19H14FNO2/c20-18-12-5-4-11-17(18)19(22)21-14-7-6-10-16(13-14)23-15-8-2-1-3-9-15/h1-13H,(H,21,22). The first-order valence-corrected chi connectivity index (χ1v) is 7.11. The van der Waals surface area contributed by atoms with Gasteiger partial charge in [-0.25, -0.2) is 4.39 Å². The summed E-state index contributed by atoms with van der Waals surface area (Å²) in [6.45, 7) is 0. The largest absolute Gasteiger partial charge is 0.457 e. The van der Waals surface area contributed by atoms with Gasteiger partial charge in [0.2, 0.25) is 0 Å². The molecule has 0 aliphatic carbocycles. The van der Waals surface area contributed by atoms with Gasteiger partial charge in [0.15, 0.2) is 0 Å². The van der Waals surface area contributed by atoms with Crippen LogP contribution in [0.15, 0.2) is 78.9 Å². The molecule has 3 aromatic rings. The van der Waals surface area contributed by atoms with Crippen LogP contribution < -0.4 is 10.1 Å².